The van der Waals surface area contributed by atoms with Crippen LogP contribution in [-0.2, 0) is 0 Å². The first-order valence-electron chi connectivity index (χ1n) is 7.58. The number of hydrogen-bond donors (Lipinski definition) is 1. The maximum atomic E-state index is 11.1. The highest BCUT2D eigenvalue weighted by Gasteiger charge is 2.30. The molecule has 1 amide bonds. The van der Waals surface area contributed by atoms with Gasteiger partial charge in [-0.15, -0.1) is 0 Å². The summed E-state index contributed by atoms with van der Waals surface area (Å²) in [5.41, 5.74) is 2.02. The Labute approximate surface area is 142 Å². The normalized spacial score (nSPS) is 17.8. The Morgan fingerprint density at radius 3 is 3.08 bits per heavy atom. The molecule has 124 valence electrons. The topological polar surface area (TPSA) is 82.7 Å². The first-order chi connectivity index (χ1) is 11.5. The minimum Gasteiger partial charge on any atom is -0.465 e. The molecule has 8 heteroatoms. The van der Waals surface area contributed by atoms with E-state index in [0.717, 1.165) is 11.8 Å². The Morgan fingerprint density at radius 2 is 2.29 bits per heavy atom. The van der Waals surface area contributed by atoms with Crippen LogP contribution in [0, 0.1) is 0 Å². The summed E-state index contributed by atoms with van der Waals surface area (Å²) in [6, 6.07) is 5.34. The Balaban J connectivity index is 1.75. The monoisotopic (exact) mass is 346 g/mol. The van der Waals surface area contributed by atoms with E-state index in [1.807, 2.05) is 17.0 Å². The van der Waals surface area contributed by atoms with E-state index in [-0.39, 0.29) is 6.04 Å². The maximum absolute atomic E-state index is 11.1. The van der Waals surface area contributed by atoms with Gasteiger partial charge in [-0.1, -0.05) is 11.6 Å². The zero-order chi connectivity index (χ0) is 16.8. The van der Waals surface area contributed by atoms with Gasteiger partial charge in [0.2, 0.25) is 0 Å². The standard InChI is InChI=1S/C16H15ClN4O3/c1-20(16(22)23)10-4-5-21(7-10)15-14-13(18-8-19-15)11-6-9(17)2-3-12(11)24-14/h2-3,6,8,10H,4-5,7H2,1H3,(H,22,23). The SMILES string of the molecule is CN(C(=O)O)C1CCN(c2ncnc3c2oc2ccc(Cl)cc23)C1. The van der Waals surface area contributed by atoms with Crippen molar-refractivity contribution in [3.05, 3.63) is 29.5 Å². The Morgan fingerprint density at radius 1 is 1.46 bits per heavy atom. The summed E-state index contributed by atoms with van der Waals surface area (Å²) in [5, 5.41) is 10.6. The Bertz CT molecular complexity index is 942. The average molecular weight is 347 g/mol. The fourth-order valence-electron chi connectivity index (χ4n) is 3.17. The van der Waals surface area contributed by atoms with Crippen molar-refractivity contribution < 1.29 is 14.3 Å². The number of amides is 1. The molecule has 7 nitrogen and oxygen atoms in total. The van der Waals surface area contributed by atoms with Crippen LogP contribution in [-0.4, -0.2) is 52.2 Å². The number of likely N-dealkylation sites (N-methyl/N-ethyl adjacent to an activating group) is 1. The predicted octanol–water partition coefficient (Wildman–Crippen LogP) is 3.22. The average Bonchev–Trinajstić information content (AvgIpc) is 3.18. The number of anilines is 1. The van der Waals surface area contributed by atoms with Gasteiger partial charge in [0.1, 0.15) is 17.4 Å². The number of nitrogens with zero attached hydrogens (tertiary/aromatic N) is 4. The summed E-state index contributed by atoms with van der Waals surface area (Å²) in [5.74, 6) is 0.689. The Kier molecular flexibility index (Phi) is 3.45. The third-order valence-electron chi connectivity index (χ3n) is 4.51. The van der Waals surface area contributed by atoms with Gasteiger partial charge in [0.25, 0.3) is 0 Å². The minimum absolute atomic E-state index is 0.0636. The molecule has 4 rings (SSSR count). The van der Waals surface area contributed by atoms with E-state index in [1.54, 1.807) is 13.1 Å². The summed E-state index contributed by atoms with van der Waals surface area (Å²) in [6.45, 7) is 1.29. The van der Waals surface area contributed by atoms with Crippen LogP contribution in [0.4, 0.5) is 10.6 Å². The summed E-state index contributed by atoms with van der Waals surface area (Å²) < 4.78 is 5.94. The van der Waals surface area contributed by atoms with Crippen molar-refractivity contribution in [1.82, 2.24) is 14.9 Å². The molecular formula is C16H15ClN4O3. The third-order valence-corrected chi connectivity index (χ3v) is 4.74. The largest absolute Gasteiger partial charge is 0.465 e. The van der Waals surface area contributed by atoms with Crippen LogP contribution in [0.1, 0.15) is 6.42 Å². The molecule has 1 N–H and O–H groups in total. The molecule has 1 aromatic carbocycles. The van der Waals surface area contributed by atoms with Gasteiger partial charge >= 0.3 is 6.09 Å². The van der Waals surface area contributed by atoms with Crippen LogP contribution < -0.4 is 4.90 Å². The van der Waals surface area contributed by atoms with Gasteiger partial charge in [-0.25, -0.2) is 14.8 Å². The molecule has 0 saturated carbocycles. The minimum atomic E-state index is -0.923. The first kappa shape index (κ1) is 15.0. The number of rotatable bonds is 2. The van der Waals surface area contributed by atoms with E-state index in [0.29, 0.717) is 40.6 Å². The second-order valence-electron chi connectivity index (χ2n) is 5.90. The molecule has 3 aromatic rings. The van der Waals surface area contributed by atoms with Gasteiger partial charge in [0, 0.05) is 30.5 Å². The number of carbonyl (C=O) groups is 1. The Hall–Kier alpha value is -2.54. The van der Waals surface area contributed by atoms with E-state index in [2.05, 4.69) is 9.97 Å². The molecule has 2 aromatic heterocycles. The van der Waals surface area contributed by atoms with E-state index >= 15 is 0 Å². The van der Waals surface area contributed by atoms with Gasteiger partial charge < -0.3 is 19.3 Å². The smallest absolute Gasteiger partial charge is 0.407 e. The molecule has 1 unspecified atom stereocenters. The number of fused-ring (bicyclic) bond motifs is 3. The van der Waals surface area contributed by atoms with Crippen molar-refractivity contribution in [3.8, 4) is 0 Å². The van der Waals surface area contributed by atoms with Crippen LogP contribution in [0.25, 0.3) is 22.1 Å². The first-order valence-corrected chi connectivity index (χ1v) is 7.96. The molecule has 1 aliphatic heterocycles. The second kappa shape index (κ2) is 5.52. The van der Waals surface area contributed by atoms with Crippen LogP contribution in [0.2, 0.25) is 5.02 Å². The molecule has 1 aliphatic rings. The van der Waals surface area contributed by atoms with Gasteiger partial charge in [-0.05, 0) is 24.6 Å². The van der Waals surface area contributed by atoms with Gasteiger partial charge in [0.15, 0.2) is 11.4 Å². The second-order valence-corrected chi connectivity index (χ2v) is 6.34. The van der Waals surface area contributed by atoms with Gasteiger partial charge in [0.05, 0.1) is 6.04 Å². The van der Waals surface area contributed by atoms with E-state index < -0.39 is 6.09 Å². The van der Waals surface area contributed by atoms with E-state index in [1.165, 1.54) is 11.2 Å². The lowest BCUT2D eigenvalue weighted by Crippen LogP contribution is -2.38. The summed E-state index contributed by atoms with van der Waals surface area (Å²) in [6.07, 6.45) is 1.33. The molecule has 0 bridgehead atoms. The van der Waals surface area contributed by atoms with Crippen molar-refractivity contribution in [3.63, 3.8) is 0 Å². The predicted molar refractivity (Wildman–Crippen MR) is 90.7 cm³/mol. The fraction of sp³-hybridized carbons (Fsp3) is 0.312. The van der Waals surface area contributed by atoms with Crippen LogP contribution in [0.15, 0.2) is 28.9 Å². The summed E-state index contributed by atoms with van der Waals surface area (Å²) >= 11 is 6.07. The molecular weight excluding hydrogens is 332 g/mol. The highest BCUT2D eigenvalue weighted by Crippen LogP contribution is 2.34. The zero-order valence-corrected chi connectivity index (χ0v) is 13.7. The van der Waals surface area contributed by atoms with Gasteiger partial charge in [-0.2, -0.15) is 0 Å². The number of benzene rings is 1. The molecule has 1 saturated heterocycles. The highest BCUT2D eigenvalue weighted by molar-refractivity contribution is 6.31. The molecule has 24 heavy (non-hydrogen) atoms. The zero-order valence-electron chi connectivity index (χ0n) is 12.9. The third kappa shape index (κ3) is 2.32. The maximum Gasteiger partial charge on any atom is 0.407 e. The number of furan rings is 1. The quantitative estimate of drug-likeness (QED) is 0.767. The van der Waals surface area contributed by atoms with Crippen molar-refractivity contribution in [2.45, 2.75) is 12.5 Å². The molecule has 0 spiro atoms. The van der Waals surface area contributed by atoms with E-state index in [9.17, 15) is 4.79 Å². The molecule has 1 fully saturated rings. The van der Waals surface area contributed by atoms with Gasteiger partial charge in [-0.3, -0.25) is 0 Å². The van der Waals surface area contributed by atoms with Crippen molar-refractivity contribution in [1.29, 1.82) is 0 Å². The number of aromatic nitrogens is 2. The highest BCUT2D eigenvalue weighted by atomic mass is 35.5. The van der Waals surface area contributed by atoms with Crippen molar-refractivity contribution in [2.24, 2.45) is 0 Å². The summed E-state index contributed by atoms with van der Waals surface area (Å²) in [7, 11) is 1.59. The molecule has 3 heterocycles. The van der Waals surface area contributed by atoms with E-state index in [4.69, 9.17) is 21.1 Å². The molecule has 0 radical (unpaired) electrons. The van der Waals surface area contributed by atoms with Crippen LogP contribution >= 0.6 is 11.6 Å². The van der Waals surface area contributed by atoms with Crippen LogP contribution in [0.3, 0.4) is 0 Å². The lowest BCUT2D eigenvalue weighted by Gasteiger charge is -2.22. The molecule has 1 atom stereocenters. The van der Waals surface area contributed by atoms with Crippen LogP contribution in [0.5, 0.6) is 0 Å². The lowest BCUT2D eigenvalue weighted by molar-refractivity contribution is 0.142. The van der Waals surface area contributed by atoms with Crippen molar-refractivity contribution in [2.75, 3.05) is 25.0 Å². The van der Waals surface area contributed by atoms with Crippen molar-refractivity contribution >= 4 is 45.6 Å². The number of halogens is 1. The summed E-state index contributed by atoms with van der Waals surface area (Å²) in [4.78, 5) is 23.2. The number of hydrogen-bond acceptors (Lipinski definition) is 5. The molecule has 0 aliphatic carbocycles. The lowest BCUT2D eigenvalue weighted by atomic mass is 10.2. The number of carboxylic acid groups (broad SMARTS) is 1. The fourth-order valence-corrected chi connectivity index (χ4v) is 3.34.